The van der Waals surface area contributed by atoms with Gasteiger partial charge in [0.2, 0.25) is 0 Å². The Bertz CT molecular complexity index is 466. The fourth-order valence-electron chi connectivity index (χ4n) is 1.40. The Kier molecular flexibility index (Phi) is 4.32. The van der Waals surface area contributed by atoms with E-state index in [0.29, 0.717) is 6.54 Å². The normalized spacial score (nSPS) is 9.94. The number of aromatic nitrogens is 2. The van der Waals surface area contributed by atoms with E-state index in [2.05, 4.69) is 10.4 Å². The molecule has 2 heterocycles. The third-order valence-corrected chi connectivity index (χ3v) is 2.95. The lowest BCUT2D eigenvalue weighted by molar-refractivity contribution is 0.657. The highest BCUT2D eigenvalue weighted by Crippen LogP contribution is 2.16. The molecule has 2 rings (SSSR count). The minimum Gasteiger partial charge on any atom is -0.365 e. The summed E-state index contributed by atoms with van der Waals surface area (Å²) in [6, 6.07) is 5.23. The van der Waals surface area contributed by atoms with Crippen molar-refractivity contribution in [2.24, 2.45) is 7.05 Å². The van der Waals surface area contributed by atoms with Crippen LogP contribution >= 0.6 is 23.7 Å². The largest absolute Gasteiger partial charge is 0.365 e. The summed E-state index contributed by atoms with van der Waals surface area (Å²) < 4.78 is 14.5. The van der Waals surface area contributed by atoms with E-state index in [0.717, 1.165) is 27.7 Å². The molecule has 1 N–H and O–H groups in total. The summed E-state index contributed by atoms with van der Waals surface area (Å²) in [4.78, 5) is 0.978. The van der Waals surface area contributed by atoms with E-state index in [1.165, 1.54) is 6.07 Å². The summed E-state index contributed by atoms with van der Waals surface area (Å²) in [5.74, 6) is 0.946. The summed E-state index contributed by atoms with van der Waals surface area (Å²) in [5.41, 5.74) is 0.970. The van der Waals surface area contributed by atoms with Crippen LogP contribution in [0.15, 0.2) is 18.2 Å². The highest BCUT2D eigenvalue weighted by molar-refractivity contribution is 7.10. The molecule has 0 saturated heterocycles. The second-order valence-corrected chi connectivity index (χ2v) is 4.47. The van der Waals surface area contributed by atoms with Gasteiger partial charge in [-0.05, 0) is 19.1 Å². The van der Waals surface area contributed by atoms with Crippen LogP contribution in [0.3, 0.4) is 0 Å². The molecule has 0 bridgehead atoms. The van der Waals surface area contributed by atoms with Crippen molar-refractivity contribution in [1.29, 1.82) is 0 Å². The quantitative estimate of drug-likeness (QED) is 0.921. The first-order valence-corrected chi connectivity index (χ1v) is 5.45. The van der Waals surface area contributed by atoms with Crippen LogP contribution in [0.5, 0.6) is 0 Å². The van der Waals surface area contributed by atoms with E-state index < -0.39 is 0 Å². The van der Waals surface area contributed by atoms with Crippen molar-refractivity contribution in [3.05, 3.63) is 33.9 Å². The molecule has 0 atom stereocenters. The number of halogens is 2. The summed E-state index contributed by atoms with van der Waals surface area (Å²) >= 11 is 1.16. The maximum absolute atomic E-state index is 12.7. The first-order valence-electron chi connectivity index (χ1n) is 4.64. The minimum atomic E-state index is -0.145. The first-order chi connectivity index (χ1) is 7.15. The number of hydrogen-bond acceptors (Lipinski definition) is 3. The molecule has 0 fully saturated rings. The fraction of sp³-hybridized carbons (Fsp3) is 0.300. The van der Waals surface area contributed by atoms with E-state index in [4.69, 9.17) is 0 Å². The van der Waals surface area contributed by atoms with Crippen molar-refractivity contribution in [1.82, 2.24) is 9.78 Å². The Morgan fingerprint density at radius 2 is 2.25 bits per heavy atom. The van der Waals surface area contributed by atoms with E-state index in [1.807, 2.05) is 20.0 Å². The third-order valence-electron chi connectivity index (χ3n) is 2.07. The molecule has 0 aliphatic carbocycles. The van der Waals surface area contributed by atoms with Gasteiger partial charge in [-0.2, -0.15) is 9.49 Å². The zero-order chi connectivity index (χ0) is 10.8. The SMILES string of the molecule is Cc1cc(NCc2ccc(F)s2)n(C)n1.Cl. The van der Waals surface area contributed by atoms with Crippen LogP contribution in [0.1, 0.15) is 10.6 Å². The van der Waals surface area contributed by atoms with E-state index in [-0.39, 0.29) is 17.5 Å². The van der Waals surface area contributed by atoms with Crippen molar-refractivity contribution in [2.45, 2.75) is 13.5 Å². The van der Waals surface area contributed by atoms with E-state index in [9.17, 15) is 4.39 Å². The van der Waals surface area contributed by atoms with E-state index in [1.54, 1.807) is 10.7 Å². The molecule has 0 amide bonds. The minimum absolute atomic E-state index is 0. The highest BCUT2D eigenvalue weighted by atomic mass is 35.5. The van der Waals surface area contributed by atoms with Gasteiger partial charge in [0, 0.05) is 18.0 Å². The zero-order valence-corrected chi connectivity index (χ0v) is 10.7. The lowest BCUT2D eigenvalue weighted by Crippen LogP contribution is -2.03. The van der Waals surface area contributed by atoms with Gasteiger partial charge in [0.05, 0.1) is 12.2 Å². The Hall–Kier alpha value is -1.07. The maximum atomic E-state index is 12.7. The molecule has 0 unspecified atom stereocenters. The van der Waals surface area contributed by atoms with Crippen LogP contribution in [0, 0.1) is 12.1 Å². The molecular formula is C10H13ClFN3S. The molecule has 6 heteroatoms. The number of anilines is 1. The fourth-order valence-corrected chi connectivity index (χ4v) is 2.07. The number of aryl methyl sites for hydroxylation is 2. The van der Waals surface area contributed by atoms with Gasteiger partial charge in [-0.3, -0.25) is 4.68 Å². The topological polar surface area (TPSA) is 29.9 Å². The average Bonchev–Trinajstić information content (AvgIpc) is 2.70. The van der Waals surface area contributed by atoms with Crippen LogP contribution in [0.2, 0.25) is 0 Å². The summed E-state index contributed by atoms with van der Waals surface area (Å²) in [6.45, 7) is 2.57. The Morgan fingerprint density at radius 1 is 1.50 bits per heavy atom. The standard InChI is InChI=1S/C10H12FN3S.ClH/c1-7-5-10(14(2)13-7)12-6-8-3-4-9(11)15-8;/h3-5,12H,6H2,1-2H3;1H. The molecule has 2 aromatic heterocycles. The molecule has 16 heavy (non-hydrogen) atoms. The third kappa shape index (κ3) is 2.96. The molecule has 0 aliphatic heterocycles. The predicted octanol–water partition coefficient (Wildman–Crippen LogP) is 2.96. The van der Waals surface area contributed by atoms with Gasteiger partial charge in [0.1, 0.15) is 5.82 Å². The van der Waals surface area contributed by atoms with Gasteiger partial charge < -0.3 is 5.32 Å². The van der Waals surface area contributed by atoms with Gasteiger partial charge in [-0.25, -0.2) is 0 Å². The number of thiophene rings is 1. The lowest BCUT2D eigenvalue weighted by atomic mass is 10.4. The smallest absolute Gasteiger partial charge is 0.176 e. The molecule has 88 valence electrons. The van der Waals surface area contributed by atoms with Crippen molar-refractivity contribution in [2.75, 3.05) is 5.32 Å². The van der Waals surface area contributed by atoms with Crippen molar-refractivity contribution >= 4 is 29.6 Å². The van der Waals surface area contributed by atoms with Gasteiger partial charge in [0.15, 0.2) is 5.13 Å². The second-order valence-electron chi connectivity index (χ2n) is 3.35. The molecule has 0 aromatic carbocycles. The van der Waals surface area contributed by atoms with Crippen LogP contribution in [0.25, 0.3) is 0 Å². The second kappa shape index (κ2) is 5.32. The summed E-state index contributed by atoms with van der Waals surface area (Å²) in [7, 11) is 1.88. The van der Waals surface area contributed by atoms with Gasteiger partial charge in [-0.1, -0.05) is 0 Å². The lowest BCUT2D eigenvalue weighted by Gasteiger charge is -2.03. The van der Waals surface area contributed by atoms with E-state index >= 15 is 0 Å². The van der Waals surface area contributed by atoms with Crippen LogP contribution in [0.4, 0.5) is 10.2 Å². The van der Waals surface area contributed by atoms with Gasteiger partial charge >= 0.3 is 0 Å². The maximum Gasteiger partial charge on any atom is 0.176 e. The Labute approximate surface area is 104 Å². The predicted molar refractivity (Wildman–Crippen MR) is 66.8 cm³/mol. The average molecular weight is 262 g/mol. The number of hydrogen-bond donors (Lipinski definition) is 1. The summed E-state index contributed by atoms with van der Waals surface area (Å²) in [5, 5.41) is 7.27. The number of rotatable bonds is 3. The van der Waals surface area contributed by atoms with Crippen LogP contribution in [-0.2, 0) is 13.6 Å². The number of nitrogens with zero attached hydrogens (tertiary/aromatic N) is 2. The molecule has 2 aromatic rings. The van der Waals surface area contributed by atoms with Crippen molar-refractivity contribution in [3.8, 4) is 0 Å². The Balaban J connectivity index is 0.00000128. The monoisotopic (exact) mass is 261 g/mol. The van der Waals surface area contributed by atoms with Crippen molar-refractivity contribution < 1.29 is 4.39 Å². The number of nitrogens with one attached hydrogen (secondary N) is 1. The van der Waals surface area contributed by atoms with Gasteiger partial charge in [0.25, 0.3) is 0 Å². The van der Waals surface area contributed by atoms with Crippen molar-refractivity contribution in [3.63, 3.8) is 0 Å². The molecular weight excluding hydrogens is 249 g/mol. The van der Waals surface area contributed by atoms with Crippen LogP contribution < -0.4 is 5.32 Å². The molecule has 0 aliphatic rings. The first kappa shape index (κ1) is 13.0. The molecule has 3 nitrogen and oxygen atoms in total. The van der Waals surface area contributed by atoms with Crippen LogP contribution in [-0.4, -0.2) is 9.78 Å². The Morgan fingerprint density at radius 3 is 2.75 bits per heavy atom. The summed E-state index contributed by atoms with van der Waals surface area (Å²) in [6.07, 6.45) is 0. The highest BCUT2D eigenvalue weighted by Gasteiger charge is 2.02. The molecule has 0 saturated carbocycles. The molecule has 0 radical (unpaired) electrons. The molecule has 0 spiro atoms. The van der Waals surface area contributed by atoms with Gasteiger partial charge in [-0.15, -0.1) is 23.7 Å². The zero-order valence-electron chi connectivity index (χ0n) is 9.03.